The fraction of sp³-hybridized carbons (Fsp3) is 0.857. The Labute approximate surface area is 125 Å². The van der Waals surface area contributed by atoms with Crippen LogP contribution in [0.25, 0.3) is 0 Å². The van der Waals surface area contributed by atoms with E-state index in [1.54, 1.807) is 6.92 Å². The standard InChI is InChI=1S/C14H25N3O4/c1-2-20-14(19)12-9-15-5-6-17(12)10-13(18)16-8-11-4-3-7-21-11/h11-12,15H,2-10H2,1H3,(H,16,18). The summed E-state index contributed by atoms with van der Waals surface area (Å²) in [7, 11) is 0. The first kappa shape index (κ1) is 16.2. The Balaban J connectivity index is 1.77. The van der Waals surface area contributed by atoms with Crippen molar-refractivity contribution >= 4 is 11.9 Å². The predicted molar refractivity (Wildman–Crippen MR) is 76.8 cm³/mol. The molecule has 2 atom stereocenters. The third kappa shape index (κ3) is 4.94. The van der Waals surface area contributed by atoms with E-state index in [9.17, 15) is 9.59 Å². The van der Waals surface area contributed by atoms with Crippen molar-refractivity contribution in [1.29, 1.82) is 0 Å². The lowest BCUT2D eigenvalue weighted by Crippen LogP contribution is -2.57. The maximum atomic E-state index is 12.0. The van der Waals surface area contributed by atoms with Crippen LogP contribution in [0, 0.1) is 0 Å². The summed E-state index contributed by atoms with van der Waals surface area (Å²) in [6.45, 7) is 5.65. The van der Waals surface area contributed by atoms with Crippen LogP contribution in [0.1, 0.15) is 19.8 Å². The molecule has 120 valence electrons. The number of carbonyl (C=O) groups is 2. The van der Waals surface area contributed by atoms with Gasteiger partial charge in [-0.05, 0) is 19.8 Å². The van der Waals surface area contributed by atoms with Gasteiger partial charge in [0.1, 0.15) is 6.04 Å². The lowest BCUT2D eigenvalue weighted by atomic mass is 10.2. The lowest BCUT2D eigenvalue weighted by molar-refractivity contribution is -0.150. The largest absolute Gasteiger partial charge is 0.465 e. The van der Waals surface area contributed by atoms with Crippen molar-refractivity contribution in [2.45, 2.75) is 31.9 Å². The Kier molecular flexibility index (Phi) is 6.41. The number of nitrogens with one attached hydrogen (secondary N) is 2. The Hall–Kier alpha value is -1.18. The number of rotatable bonds is 6. The van der Waals surface area contributed by atoms with E-state index in [2.05, 4.69) is 10.6 Å². The summed E-state index contributed by atoms with van der Waals surface area (Å²) in [6.07, 6.45) is 2.20. The molecule has 0 bridgehead atoms. The van der Waals surface area contributed by atoms with E-state index in [4.69, 9.17) is 9.47 Å². The van der Waals surface area contributed by atoms with E-state index in [0.717, 1.165) is 26.0 Å². The molecule has 0 spiro atoms. The predicted octanol–water partition coefficient (Wildman–Crippen LogP) is -0.881. The molecule has 0 aromatic heterocycles. The van der Waals surface area contributed by atoms with Gasteiger partial charge in [-0.2, -0.15) is 0 Å². The minimum absolute atomic E-state index is 0.0679. The molecule has 7 heteroatoms. The van der Waals surface area contributed by atoms with Crippen molar-refractivity contribution < 1.29 is 19.1 Å². The summed E-state index contributed by atoms with van der Waals surface area (Å²) in [5, 5.41) is 6.05. The third-order valence-electron chi connectivity index (χ3n) is 3.81. The Morgan fingerprint density at radius 3 is 3.05 bits per heavy atom. The first-order valence-electron chi connectivity index (χ1n) is 7.70. The van der Waals surface area contributed by atoms with Gasteiger partial charge in [0.25, 0.3) is 0 Å². The minimum atomic E-state index is -0.382. The fourth-order valence-corrected chi connectivity index (χ4v) is 2.68. The van der Waals surface area contributed by atoms with Gasteiger partial charge in [-0.3, -0.25) is 14.5 Å². The molecule has 0 radical (unpaired) electrons. The van der Waals surface area contributed by atoms with Crippen LogP contribution in [0.2, 0.25) is 0 Å². The molecule has 2 N–H and O–H groups in total. The number of ether oxygens (including phenoxy) is 2. The highest BCUT2D eigenvalue weighted by Crippen LogP contribution is 2.10. The average molecular weight is 299 g/mol. The van der Waals surface area contributed by atoms with Crippen molar-refractivity contribution in [3.05, 3.63) is 0 Å². The van der Waals surface area contributed by atoms with E-state index < -0.39 is 0 Å². The van der Waals surface area contributed by atoms with Gasteiger partial charge in [0, 0.05) is 32.8 Å². The van der Waals surface area contributed by atoms with Crippen LogP contribution in [0.4, 0.5) is 0 Å². The second-order valence-corrected chi connectivity index (χ2v) is 5.38. The maximum absolute atomic E-state index is 12.0. The summed E-state index contributed by atoms with van der Waals surface area (Å²) >= 11 is 0. The van der Waals surface area contributed by atoms with Gasteiger partial charge in [-0.15, -0.1) is 0 Å². The van der Waals surface area contributed by atoms with E-state index in [1.165, 1.54) is 0 Å². The fourth-order valence-electron chi connectivity index (χ4n) is 2.68. The molecule has 2 fully saturated rings. The summed E-state index contributed by atoms with van der Waals surface area (Å²) in [5.74, 6) is -0.335. The molecule has 2 saturated heterocycles. The second kappa shape index (κ2) is 8.31. The van der Waals surface area contributed by atoms with E-state index >= 15 is 0 Å². The van der Waals surface area contributed by atoms with Gasteiger partial charge in [0.2, 0.25) is 5.91 Å². The molecule has 2 unspecified atom stereocenters. The zero-order chi connectivity index (χ0) is 15.1. The van der Waals surface area contributed by atoms with Gasteiger partial charge >= 0.3 is 5.97 Å². The van der Waals surface area contributed by atoms with Crippen molar-refractivity contribution in [2.24, 2.45) is 0 Å². The van der Waals surface area contributed by atoms with Crippen LogP contribution in [0.5, 0.6) is 0 Å². The van der Waals surface area contributed by atoms with Gasteiger partial charge in [-0.1, -0.05) is 0 Å². The normalized spacial score (nSPS) is 26.5. The highest BCUT2D eigenvalue weighted by atomic mass is 16.5. The van der Waals surface area contributed by atoms with Crippen molar-refractivity contribution in [3.8, 4) is 0 Å². The molecule has 0 saturated carbocycles. The van der Waals surface area contributed by atoms with Gasteiger partial charge in [-0.25, -0.2) is 0 Å². The van der Waals surface area contributed by atoms with Crippen molar-refractivity contribution in [3.63, 3.8) is 0 Å². The lowest BCUT2D eigenvalue weighted by Gasteiger charge is -2.33. The molecular formula is C14H25N3O4. The van der Waals surface area contributed by atoms with Crippen LogP contribution >= 0.6 is 0 Å². The summed E-state index contributed by atoms with van der Waals surface area (Å²) in [6, 6.07) is -0.382. The van der Waals surface area contributed by atoms with Gasteiger partial charge < -0.3 is 20.1 Å². The molecule has 1 amide bonds. The molecule has 21 heavy (non-hydrogen) atoms. The summed E-state index contributed by atoms with van der Waals surface area (Å²) < 4.78 is 10.5. The van der Waals surface area contributed by atoms with E-state index in [0.29, 0.717) is 26.2 Å². The second-order valence-electron chi connectivity index (χ2n) is 5.38. The van der Waals surface area contributed by atoms with E-state index in [1.807, 2.05) is 4.90 Å². The zero-order valence-electron chi connectivity index (χ0n) is 12.6. The summed E-state index contributed by atoms with van der Waals surface area (Å²) in [5.41, 5.74) is 0. The molecule has 2 rings (SSSR count). The first-order valence-corrected chi connectivity index (χ1v) is 7.70. The number of hydrogen-bond acceptors (Lipinski definition) is 6. The molecule has 2 heterocycles. The number of hydrogen-bond donors (Lipinski definition) is 2. The van der Waals surface area contributed by atoms with Crippen LogP contribution < -0.4 is 10.6 Å². The maximum Gasteiger partial charge on any atom is 0.324 e. The highest BCUT2D eigenvalue weighted by Gasteiger charge is 2.31. The van der Waals surface area contributed by atoms with Gasteiger partial charge in [0.05, 0.1) is 19.3 Å². The van der Waals surface area contributed by atoms with E-state index in [-0.39, 0.29) is 30.6 Å². The molecule has 0 aromatic carbocycles. The SMILES string of the molecule is CCOC(=O)C1CNCCN1CC(=O)NCC1CCCO1. The molecule has 2 aliphatic heterocycles. The minimum Gasteiger partial charge on any atom is -0.465 e. The quantitative estimate of drug-likeness (QED) is 0.620. The number of amides is 1. The first-order chi connectivity index (χ1) is 10.2. The molecular weight excluding hydrogens is 274 g/mol. The van der Waals surface area contributed by atoms with Crippen molar-refractivity contribution in [2.75, 3.05) is 45.9 Å². The number of carbonyl (C=O) groups excluding carboxylic acids is 2. The molecule has 0 aliphatic carbocycles. The Bertz CT molecular complexity index is 358. The van der Waals surface area contributed by atoms with Crippen LogP contribution in [0.15, 0.2) is 0 Å². The molecule has 0 aromatic rings. The third-order valence-corrected chi connectivity index (χ3v) is 3.81. The Morgan fingerprint density at radius 1 is 1.48 bits per heavy atom. The number of piperazine rings is 1. The van der Waals surface area contributed by atoms with Crippen LogP contribution in [-0.2, 0) is 19.1 Å². The highest BCUT2D eigenvalue weighted by molar-refractivity contribution is 5.80. The Morgan fingerprint density at radius 2 is 2.33 bits per heavy atom. The molecule has 2 aliphatic rings. The number of esters is 1. The number of nitrogens with zero attached hydrogens (tertiary/aromatic N) is 1. The van der Waals surface area contributed by atoms with Crippen LogP contribution in [0.3, 0.4) is 0 Å². The van der Waals surface area contributed by atoms with Crippen LogP contribution in [-0.4, -0.2) is 74.9 Å². The van der Waals surface area contributed by atoms with Crippen molar-refractivity contribution in [1.82, 2.24) is 15.5 Å². The smallest absolute Gasteiger partial charge is 0.324 e. The van der Waals surface area contributed by atoms with Gasteiger partial charge in [0.15, 0.2) is 0 Å². The molecule has 7 nitrogen and oxygen atoms in total. The average Bonchev–Trinajstić information content (AvgIpc) is 2.99. The monoisotopic (exact) mass is 299 g/mol. The zero-order valence-corrected chi connectivity index (χ0v) is 12.6. The topological polar surface area (TPSA) is 79.9 Å². The summed E-state index contributed by atoms with van der Waals surface area (Å²) in [4.78, 5) is 25.8.